The maximum absolute atomic E-state index is 11.5. The summed E-state index contributed by atoms with van der Waals surface area (Å²) in [5.41, 5.74) is 8.46. The number of carbonyl (C=O) groups excluding carboxylic acids is 1. The van der Waals surface area contributed by atoms with Gasteiger partial charge in [0.25, 0.3) is 0 Å². The van der Waals surface area contributed by atoms with Crippen LogP contribution in [-0.4, -0.2) is 36.1 Å². The Kier molecular flexibility index (Phi) is 5.17. The van der Waals surface area contributed by atoms with Gasteiger partial charge in [-0.2, -0.15) is 0 Å². The number of ether oxygens (including phenoxy) is 1. The quantitative estimate of drug-likeness (QED) is 0.861. The molecule has 1 heterocycles. The van der Waals surface area contributed by atoms with Crippen LogP contribution in [0.4, 0.5) is 5.69 Å². The van der Waals surface area contributed by atoms with E-state index in [1.807, 2.05) is 19.1 Å². The molecule has 0 aromatic carbocycles. The Morgan fingerprint density at radius 3 is 2.62 bits per heavy atom. The highest BCUT2D eigenvalue weighted by Crippen LogP contribution is 2.28. The third kappa shape index (κ3) is 3.94. The van der Waals surface area contributed by atoms with Crippen LogP contribution in [0.1, 0.15) is 37.1 Å². The van der Waals surface area contributed by atoms with Crippen molar-refractivity contribution in [2.75, 3.05) is 19.9 Å². The van der Waals surface area contributed by atoms with Gasteiger partial charge in [0.05, 0.1) is 30.1 Å². The van der Waals surface area contributed by atoms with Crippen LogP contribution in [-0.2, 0) is 16.1 Å². The average Bonchev–Trinajstić information content (AvgIpc) is 2.50. The smallest absolute Gasteiger partial charge is 0.308 e. The van der Waals surface area contributed by atoms with Crippen molar-refractivity contribution in [1.29, 1.82) is 0 Å². The van der Waals surface area contributed by atoms with E-state index in [4.69, 9.17) is 10.5 Å². The molecule has 0 radical (unpaired) electrons. The fourth-order valence-electron chi connectivity index (χ4n) is 3.02. The second-order valence-corrected chi connectivity index (χ2v) is 5.92. The van der Waals surface area contributed by atoms with E-state index in [0.29, 0.717) is 6.04 Å². The van der Waals surface area contributed by atoms with Gasteiger partial charge in [0.2, 0.25) is 0 Å². The first-order valence-corrected chi connectivity index (χ1v) is 7.51. The van der Waals surface area contributed by atoms with Gasteiger partial charge in [0, 0.05) is 12.6 Å². The molecule has 2 rings (SSSR count). The van der Waals surface area contributed by atoms with Gasteiger partial charge in [-0.3, -0.25) is 14.7 Å². The number of nitrogens with two attached hydrogens (primary N) is 1. The van der Waals surface area contributed by atoms with Gasteiger partial charge in [-0.15, -0.1) is 0 Å². The van der Waals surface area contributed by atoms with Gasteiger partial charge in [-0.05, 0) is 51.8 Å². The van der Waals surface area contributed by atoms with Crippen LogP contribution in [0.15, 0.2) is 12.1 Å². The van der Waals surface area contributed by atoms with Crippen molar-refractivity contribution < 1.29 is 9.53 Å². The summed E-state index contributed by atoms with van der Waals surface area (Å²) in [5, 5.41) is 0. The fraction of sp³-hybridized carbons (Fsp3) is 0.625. The highest BCUT2D eigenvalue weighted by molar-refractivity contribution is 5.72. The number of carbonyl (C=O) groups is 1. The molecule has 0 atom stereocenters. The van der Waals surface area contributed by atoms with Crippen molar-refractivity contribution in [3.05, 3.63) is 23.5 Å². The molecule has 0 aliphatic heterocycles. The summed E-state index contributed by atoms with van der Waals surface area (Å²) < 4.78 is 4.83. The number of methoxy groups -OCH3 is 1. The second-order valence-electron chi connectivity index (χ2n) is 5.92. The normalized spacial score (nSPS) is 22.3. The lowest BCUT2D eigenvalue weighted by atomic mass is 9.85. The van der Waals surface area contributed by atoms with Crippen molar-refractivity contribution in [3.8, 4) is 0 Å². The van der Waals surface area contributed by atoms with Crippen LogP contribution in [0.25, 0.3) is 0 Å². The summed E-state index contributed by atoms with van der Waals surface area (Å²) >= 11 is 0. The molecule has 1 aliphatic rings. The lowest BCUT2D eigenvalue weighted by Crippen LogP contribution is -2.36. The van der Waals surface area contributed by atoms with Crippen molar-refractivity contribution in [1.82, 2.24) is 9.88 Å². The van der Waals surface area contributed by atoms with E-state index in [1.165, 1.54) is 7.11 Å². The first-order chi connectivity index (χ1) is 10.0. The minimum absolute atomic E-state index is 0.0630. The Bertz CT molecular complexity index is 496. The van der Waals surface area contributed by atoms with Crippen LogP contribution in [0.5, 0.6) is 0 Å². The van der Waals surface area contributed by atoms with Crippen LogP contribution in [0, 0.1) is 12.8 Å². The summed E-state index contributed by atoms with van der Waals surface area (Å²) in [6.45, 7) is 2.75. The van der Waals surface area contributed by atoms with Gasteiger partial charge in [-0.1, -0.05) is 0 Å². The van der Waals surface area contributed by atoms with Crippen LogP contribution < -0.4 is 5.73 Å². The molecule has 0 unspecified atom stereocenters. The molecule has 0 saturated heterocycles. The van der Waals surface area contributed by atoms with E-state index in [9.17, 15) is 4.79 Å². The van der Waals surface area contributed by atoms with E-state index >= 15 is 0 Å². The minimum atomic E-state index is -0.0630. The van der Waals surface area contributed by atoms with E-state index < -0.39 is 0 Å². The van der Waals surface area contributed by atoms with Crippen molar-refractivity contribution in [2.24, 2.45) is 5.92 Å². The van der Waals surface area contributed by atoms with Gasteiger partial charge in [0.1, 0.15) is 0 Å². The van der Waals surface area contributed by atoms with E-state index in [2.05, 4.69) is 16.9 Å². The van der Waals surface area contributed by atoms with Gasteiger partial charge < -0.3 is 10.5 Å². The number of anilines is 1. The molecule has 1 aromatic rings. The van der Waals surface area contributed by atoms with Crippen LogP contribution >= 0.6 is 0 Å². The average molecular weight is 291 g/mol. The monoisotopic (exact) mass is 291 g/mol. The summed E-state index contributed by atoms with van der Waals surface area (Å²) in [7, 11) is 3.59. The number of pyridine rings is 1. The third-order valence-electron chi connectivity index (χ3n) is 4.45. The molecular formula is C16H25N3O2. The van der Waals surface area contributed by atoms with Gasteiger partial charge in [0.15, 0.2) is 0 Å². The molecule has 1 aromatic heterocycles. The Hall–Kier alpha value is -1.62. The Morgan fingerprint density at radius 2 is 2.05 bits per heavy atom. The van der Waals surface area contributed by atoms with E-state index in [-0.39, 0.29) is 11.9 Å². The van der Waals surface area contributed by atoms with Crippen LogP contribution in [0.2, 0.25) is 0 Å². The standard InChI is InChI=1S/C16H25N3O2/c1-11-15(17)9-6-13(18-11)10-19(2)14-7-4-12(5-8-14)16(20)21-3/h6,9,12,14H,4-5,7-8,10,17H2,1-3H3/t12-,14-. The molecule has 5 heteroatoms. The van der Waals surface area contributed by atoms with Crippen LogP contribution in [0.3, 0.4) is 0 Å². The van der Waals surface area contributed by atoms with Gasteiger partial charge in [-0.25, -0.2) is 0 Å². The highest BCUT2D eigenvalue weighted by Gasteiger charge is 2.28. The van der Waals surface area contributed by atoms with E-state index in [1.54, 1.807) is 0 Å². The zero-order valence-corrected chi connectivity index (χ0v) is 13.1. The molecule has 2 N–H and O–H groups in total. The number of nitrogen functional groups attached to an aromatic ring is 1. The number of esters is 1. The number of hydrogen-bond donors (Lipinski definition) is 1. The molecule has 0 bridgehead atoms. The number of hydrogen-bond acceptors (Lipinski definition) is 5. The fourth-order valence-corrected chi connectivity index (χ4v) is 3.02. The number of aromatic nitrogens is 1. The summed E-state index contributed by atoms with van der Waals surface area (Å²) in [6.07, 6.45) is 3.89. The van der Waals surface area contributed by atoms with E-state index in [0.717, 1.165) is 49.3 Å². The number of rotatable bonds is 4. The topological polar surface area (TPSA) is 68.5 Å². The molecule has 21 heavy (non-hydrogen) atoms. The van der Waals surface area contributed by atoms with Crippen molar-refractivity contribution in [2.45, 2.75) is 45.2 Å². The molecule has 116 valence electrons. The maximum Gasteiger partial charge on any atom is 0.308 e. The lowest BCUT2D eigenvalue weighted by molar-refractivity contribution is -0.146. The highest BCUT2D eigenvalue weighted by atomic mass is 16.5. The Labute approximate surface area is 126 Å². The second kappa shape index (κ2) is 6.89. The predicted octanol–water partition coefficient (Wildman–Crippen LogP) is 2.14. The zero-order valence-electron chi connectivity index (χ0n) is 13.1. The molecule has 1 saturated carbocycles. The molecular weight excluding hydrogens is 266 g/mol. The lowest BCUT2D eigenvalue weighted by Gasteiger charge is -2.33. The molecule has 0 spiro atoms. The molecule has 1 fully saturated rings. The largest absolute Gasteiger partial charge is 0.469 e. The minimum Gasteiger partial charge on any atom is -0.469 e. The Balaban J connectivity index is 1.88. The number of aryl methyl sites for hydroxylation is 1. The van der Waals surface area contributed by atoms with Crippen molar-refractivity contribution in [3.63, 3.8) is 0 Å². The van der Waals surface area contributed by atoms with Gasteiger partial charge >= 0.3 is 5.97 Å². The number of nitrogens with zero attached hydrogens (tertiary/aromatic N) is 2. The van der Waals surface area contributed by atoms with Crippen molar-refractivity contribution >= 4 is 11.7 Å². The maximum atomic E-state index is 11.5. The predicted molar refractivity (Wildman–Crippen MR) is 82.6 cm³/mol. The molecule has 1 aliphatic carbocycles. The molecule has 5 nitrogen and oxygen atoms in total. The summed E-state index contributed by atoms with van der Waals surface area (Å²) in [6, 6.07) is 4.41. The third-order valence-corrected chi connectivity index (χ3v) is 4.45. The Morgan fingerprint density at radius 1 is 1.38 bits per heavy atom. The molecule has 0 amide bonds. The summed E-state index contributed by atoms with van der Waals surface area (Å²) in [5.74, 6) is 0.0171. The zero-order chi connectivity index (χ0) is 15.4. The SMILES string of the molecule is COC(=O)[C@H]1CC[C@H](N(C)Cc2ccc(N)c(C)n2)CC1. The summed E-state index contributed by atoms with van der Waals surface area (Å²) in [4.78, 5) is 18.4. The first kappa shape index (κ1) is 15.8. The first-order valence-electron chi connectivity index (χ1n) is 7.51.